The molecule has 1 N–H and O–H groups in total. The summed E-state index contributed by atoms with van der Waals surface area (Å²) in [5, 5.41) is 9.88. The number of aromatic carboxylic acids is 1. The smallest absolute Gasteiger partial charge is 0.353 e. The minimum atomic E-state index is -1.12. The lowest BCUT2D eigenvalue weighted by molar-refractivity contribution is -0.161. The van der Waals surface area contributed by atoms with Crippen LogP contribution in [0, 0.1) is 69.0 Å². The van der Waals surface area contributed by atoms with Gasteiger partial charge in [-0.05, 0) is 158 Å². The third-order valence-electron chi connectivity index (χ3n) is 13.9. The van der Waals surface area contributed by atoms with E-state index in [0.29, 0.717) is 79.9 Å². The number of morpholine rings is 2. The van der Waals surface area contributed by atoms with E-state index in [1.807, 2.05) is 41.5 Å². The number of thiophene rings is 2. The number of hydrogen-bond acceptors (Lipinski definition) is 15. The summed E-state index contributed by atoms with van der Waals surface area (Å²) in [6.45, 7) is 29.4. The Labute approximate surface area is 504 Å². The molecule has 83 heavy (non-hydrogen) atoms. The Morgan fingerprint density at radius 1 is 0.578 bits per heavy atom. The highest BCUT2D eigenvalue weighted by molar-refractivity contribution is 7.15. The first-order valence-corrected chi connectivity index (χ1v) is 30.8. The maximum Gasteiger partial charge on any atom is 0.353 e. The summed E-state index contributed by atoms with van der Waals surface area (Å²) in [5.74, 6) is 9.74. The predicted octanol–water partition coefficient (Wildman–Crippen LogP) is 10.5. The van der Waals surface area contributed by atoms with Gasteiger partial charge in [0.25, 0.3) is 0 Å². The Hall–Kier alpha value is -5.51. The van der Waals surface area contributed by atoms with Crippen molar-refractivity contribution < 1.29 is 67.1 Å². The van der Waals surface area contributed by atoms with Gasteiger partial charge in [0.05, 0.1) is 58.4 Å². The molecule has 0 aromatic carbocycles. The van der Waals surface area contributed by atoms with Crippen LogP contribution in [0.4, 0.5) is 11.4 Å². The molecule has 2 aromatic heterocycles. The minimum Gasteiger partial charge on any atom is -0.477 e. The normalized spacial score (nSPS) is 19.3. The molecule has 0 radical (unpaired) electrons. The van der Waals surface area contributed by atoms with Crippen molar-refractivity contribution >= 4 is 93.2 Å². The topological polar surface area (TPSA) is 216 Å². The summed E-state index contributed by atoms with van der Waals surface area (Å²) >= 11 is 7.31. The molecular weight excluding hydrogens is 1120 g/mol. The first kappa shape index (κ1) is 70.0. The van der Waals surface area contributed by atoms with E-state index in [0.717, 1.165) is 74.0 Å². The summed E-state index contributed by atoms with van der Waals surface area (Å²) in [6, 6.07) is 3.29. The second-order valence-corrected chi connectivity index (χ2v) is 28.0. The maximum absolute atomic E-state index is 14.0. The van der Waals surface area contributed by atoms with Crippen LogP contribution in [0.15, 0.2) is 12.1 Å². The molecule has 0 spiro atoms. The number of amides is 4. The molecule has 6 rings (SSSR count). The SMILES string of the molecule is CC(C)(C)C(=O)OCCl.CC1CCC(C(=O)N(CC(=O)N2CCOCC2)c2cc(C#CC(C)(C)C)sc2C(=O)O)CC1.CC1CCC(C(=O)N(CC(=O)N2CCOCC2)c2cc(C#CC(C)(C)C)sc2C(=O)OCOC(=O)C(C)(C)C)CC1. The van der Waals surface area contributed by atoms with Crippen LogP contribution >= 0.6 is 34.3 Å². The number of carbonyl (C=O) groups excluding carboxylic acids is 7. The van der Waals surface area contributed by atoms with E-state index in [1.165, 1.54) is 9.80 Å². The fourth-order valence-electron chi connectivity index (χ4n) is 8.88. The van der Waals surface area contributed by atoms with E-state index in [4.69, 9.17) is 30.5 Å². The van der Waals surface area contributed by atoms with E-state index in [9.17, 15) is 43.5 Å². The standard InChI is InChI=1S/C31H44N2O7S.C25H34N2O5S.C6H11ClO2/c1-21-8-10-22(11-9-21)27(35)33(19-25(34)32-14-16-38-17-15-32)24-18-23(12-13-30(2,3)4)41-26(24)28(36)39-20-40-29(37)31(5,6)7;1-17-5-7-18(8-6-17)23(29)27(16-21(28)26-11-13-32-14-12-26)20-15-19(9-10-25(2,3)4)33-22(20)24(30)31;1-6(2,3)5(8)9-4-7/h18,21-22H,8-11,14-17,19-20H2,1-7H3;15,17-18H,5-8,11-14,16H2,1-4H3,(H,30,31);4H2,1-3H3. The van der Waals surface area contributed by atoms with Crippen LogP contribution in [0.2, 0.25) is 0 Å². The summed E-state index contributed by atoms with van der Waals surface area (Å²) in [7, 11) is 0. The molecule has 2 saturated carbocycles. The number of ether oxygens (including phenoxy) is 5. The van der Waals surface area contributed by atoms with Gasteiger partial charge in [0.2, 0.25) is 30.4 Å². The van der Waals surface area contributed by atoms with Crippen LogP contribution in [-0.2, 0) is 52.5 Å². The Balaban J connectivity index is 0.000000315. The molecule has 0 bridgehead atoms. The zero-order valence-electron chi connectivity index (χ0n) is 51.3. The minimum absolute atomic E-state index is 0.0421. The van der Waals surface area contributed by atoms with Crippen molar-refractivity contribution in [1.82, 2.24) is 9.80 Å². The highest BCUT2D eigenvalue weighted by Crippen LogP contribution is 2.38. The number of alkyl halides is 1. The van der Waals surface area contributed by atoms with Crippen molar-refractivity contribution in [3.05, 3.63) is 31.6 Å². The largest absolute Gasteiger partial charge is 0.477 e. The number of anilines is 2. The van der Waals surface area contributed by atoms with Gasteiger partial charge in [-0.1, -0.05) is 49.1 Å². The van der Waals surface area contributed by atoms with E-state index < -0.39 is 35.5 Å². The van der Waals surface area contributed by atoms with Crippen molar-refractivity contribution in [2.75, 3.05) is 88.4 Å². The maximum atomic E-state index is 14.0. The molecule has 18 nitrogen and oxygen atoms in total. The Kier molecular flexibility index (Phi) is 26.6. The van der Waals surface area contributed by atoms with E-state index in [2.05, 4.69) is 42.3 Å². The molecule has 2 aromatic rings. The van der Waals surface area contributed by atoms with Gasteiger partial charge in [0.15, 0.2) is 6.07 Å². The molecule has 4 amide bonds. The van der Waals surface area contributed by atoms with Crippen LogP contribution < -0.4 is 9.80 Å². The number of carboxylic acids is 1. The molecule has 2 aliphatic heterocycles. The zero-order valence-corrected chi connectivity index (χ0v) is 53.7. The van der Waals surface area contributed by atoms with Gasteiger partial charge in [-0.3, -0.25) is 28.8 Å². The van der Waals surface area contributed by atoms with Gasteiger partial charge in [-0.25, -0.2) is 9.59 Å². The molecule has 2 saturated heterocycles. The molecule has 4 heterocycles. The van der Waals surface area contributed by atoms with Crippen molar-refractivity contribution in [1.29, 1.82) is 0 Å². The molecule has 2 aliphatic carbocycles. The Morgan fingerprint density at radius 2 is 0.940 bits per heavy atom. The third kappa shape index (κ3) is 23.1. The average molecular weight is 1210 g/mol. The second-order valence-electron chi connectivity index (χ2n) is 25.7. The summed E-state index contributed by atoms with van der Waals surface area (Å²) in [4.78, 5) is 110. The highest BCUT2D eigenvalue weighted by Gasteiger charge is 2.37. The molecule has 0 atom stereocenters. The van der Waals surface area contributed by atoms with Crippen LogP contribution in [0.1, 0.15) is 177 Å². The van der Waals surface area contributed by atoms with E-state index in [-0.39, 0.29) is 86.9 Å². The van der Waals surface area contributed by atoms with Crippen molar-refractivity contribution in [3.8, 4) is 23.7 Å². The molecule has 4 aliphatic rings. The van der Waals surface area contributed by atoms with Gasteiger partial charge < -0.3 is 48.4 Å². The number of halogens is 1. The second kappa shape index (κ2) is 31.6. The zero-order chi connectivity index (χ0) is 62.0. The van der Waals surface area contributed by atoms with Gasteiger partial charge in [0, 0.05) is 48.8 Å². The average Bonchev–Trinajstić information content (AvgIpc) is 4.23. The lowest BCUT2D eigenvalue weighted by Gasteiger charge is -2.33. The Morgan fingerprint density at radius 3 is 1.28 bits per heavy atom. The molecule has 4 fully saturated rings. The van der Waals surface area contributed by atoms with Gasteiger partial charge in [-0.15, -0.1) is 22.7 Å². The van der Waals surface area contributed by atoms with Gasteiger partial charge in [-0.2, -0.15) is 0 Å². The predicted molar refractivity (Wildman–Crippen MR) is 322 cm³/mol. The molecule has 0 unspecified atom stereocenters. The number of hydrogen-bond donors (Lipinski definition) is 1. The fourth-order valence-corrected chi connectivity index (χ4v) is 10.7. The van der Waals surface area contributed by atoms with E-state index in [1.54, 1.807) is 63.5 Å². The summed E-state index contributed by atoms with van der Waals surface area (Å²) < 4.78 is 25.7. The van der Waals surface area contributed by atoms with Gasteiger partial charge >= 0.3 is 23.9 Å². The number of esters is 3. The monoisotopic (exact) mass is 1210 g/mol. The fraction of sp³-hybridized carbons (Fsp3) is 0.677. The van der Waals surface area contributed by atoms with Crippen molar-refractivity contribution in [2.45, 2.75) is 148 Å². The van der Waals surface area contributed by atoms with Crippen LogP contribution in [0.3, 0.4) is 0 Å². The van der Waals surface area contributed by atoms with Crippen LogP contribution in [-0.4, -0.2) is 141 Å². The number of carboxylic acid groups (broad SMARTS) is 1. The van der Waals surface area contributed by atoms with Crippen molar-refractivity contribution in [2.24, 2.45) is 45.3 Å². The molecule has 460 valence electrons. The van der Waals surface area contributed by atoms with Gasteiger partial charge in [0.1, 0.15) is 22.8 Å². The third-order valence-corrected chi connectivity index (χ3v) is 16.0. The number of carbonyl (C=O) groups is 8. The molecular formula is C62H89ClN4O14S2. The first-order valence-electron chi connectivity index (χ1n) is 28.7. The molecule has 21 heteroatoms. The number of nitrogens with zero attached hydrogens (tertiary/aromatic N) is 4. The van der Waals surface area contributed by atoms with Crippen LogP contribution in [0.5, 0.6) is 0 Å². The number of rotatable bonds is 13. The summed E-state index contributed by atoms with van der Waals surface area (Å²) in [5.41, 5.74) is -1.15. The Bertz CT molecular complexity index is 2690. The first-order chi connectivity index (χ1) is 38.7. The van der Waals surface area contributed by atoms with E-state index >= 15 is 0 Å². The lowest BCUT2D eigenvalue weighted by atomic mass is 9.82. The highest BCUT2D eigenvalue weighted by atomic mass is 35.5. The summed E-state index contributed by atoms with van der Waals surface area (Å²) in [6.07, 6.45) is 6.75. The quantitative estimate of drug-likeness (QED) is 0.0855. The lowest BCUT2D eigenvalue weighted by Crippen LogP contribution is -2.49. The van der Waals surface area contributed by atoms with Crippen LogP contribution in [0.25, 0.3) is 0 Å². The van der Waals surface area contributed by atoms with Crippen molar-refractivity contribution in [3.63, 3.8) is 0 Å².